The lowest BCUT2D eigenvalue weighted by atomic mass is 10.4. The van der Waals surface area contributed by atoms with Crippen LogP contribution in [0.3, 0.4) is 0 Å². The van der Waals surface area contributed by atoms with E-state index in [0.29, 0.717) is 16.7 Å². The Morgan fingerprint density at radius 2 is 1.86 bits per heavy atom. The lowest BCUT2D eigenvalue weighted by Crippen LogP contribution is -2.22. The van der Waals surface area contributed by atoms with Crippen molar-refractivity contribution in [3.05, 3.63) is 30.3 Å². The van der Waals surface area contributed by atoms with Gasteiger partial charge in [-0.2, -0.15) is 0 Å². The molecule has 0 heterocycles. The first-order valence-corrected chi connectivity index (χ1v) is 4.56. The zero-order chi connectivity index (χ0) is 10.6. The summed E-state index contributed by atoms with van der Waals surface area (Å²) in [5.74, 6) is -1.75. The molecule has 5 heteroatoms. The van der Waals surface area contributed by atoms with E-state index in [1.54, 1.807) is 30.3 Å². The van der Waals surface area contributed by atoms with E-state index in [1.165, 1.54) is 0 Å². The number of rotatable bonds is 3. The maximum Gasteiger partial charge on any atom is 0.347 e. The lowest BCUT2D eigenvalue weighted by Gasteiger charge is -2.01. The first-order chi connectivity index (χ1) is 6.61. The predicted molar refractivity (Wildman–Crippen MR) is 49.8 cm³/mol. The monoisotopic (exact) mass is 214 g/mol. The summed E-state index contributed by atoms with van der Waals surface area (Å²) in [5.41, 5.74) is 0. The first-order valence-electron chi connectivity index (χ1n) is 3.75. The Bertz CT molecular complexity index is 339. The first kappa shape index (κ1) is 10.7. The quantitative estimate of drug-likeness (QED) is 0.615. The normalized spacial score (nSPS) is 12.1. The Morgan fingerprint density at radius 3 is 2.36 bits per heavy atom. The molecular formula is C9H7FO3S. The Hall–Kier alpha value is -1.36. The van der Waals surface area contributed by atoms with E-state index >= 15 is 0 Å². The van der Waals surface area contributed by atoms with Crippen LogP contribution in [-0.2, 0) is 9.59 Å². The van der Waals surface area contributed by atoms with Crippen molar-refractivity contribution < 1.29 is 19.1 Å². The summed E-state index contributed by atoms with van der Waals surface area (Å²) < 4.78 is 12.6. The molecule has 0 aromatic heterocycles. The molecule has 0 amide bonds. The summed E-state index contributed by atoms with van der Waals surface area (Å²) in [6.07, 6.45) is -2.46. The number of hydrogen-bond acceptors (Lipinski definition) is 3. The van der Waals surface area contributed by atoms with E-state index in [2.05, 4.69) is 0 Å². The largest absolute Gasteiger partial charge is 0.479 e. The van der Waals surface area contributed by atoms with Crippen molar-refractivity contribution in [2.45, 2.75) is 11.1 Å². The Labute approximate surface area is 83.9 Å². The van der Waals surface area contributed by atoms with Crippen LogP contribution in [-0.4, -0.2) is 22.4 Å². The van der Waals surface area contributed by atoms with Crippen LogP contribution in [0, 0.1) is 0 Å². The fourth-order valence-corrected chi connectivity index (χ4v) is 1.49. The van der Waals surface area contributed by atoms with Crippen molar-refractivity contribution >= 4 is 22.8 Å². The van der Waals surface area contributed by atoms with Gasteiger partial charge in [0.25, 0.3) is 6.17 Å². The fourth-order valence-electron chi connectivity index (χ4n) is 0.757. The zero-order valence-electron chi connectivity index (χ0n) is 7.01. The molecule has 1 atom stereocenters. The maximum absolute atomic E-state index is 12.6. The molecule has 1 rings (SSSR count). The maximum atomic E-state index is 12.6. The van der Waals surface area contributed by atoms with Gasteiger partial charge in [0.2, 0.25) is 5.12 Å². The van der Waals surface area contributed by atoms with Crippen molar-refractivity contribution in [2.75, 3.05) is 0 Å². The van der Waals surface area contributed by atoms with Gasteiger partial charge in [-0.15, -0.1) is 0 Å². The van der Waals surface area contributed by atoms with Gasteiger partial charge in [-0.05, 0) is 23.9 Å². The van der Waals surface area contributed by atoms with Crippen LogP contribution in [0.5, 0.6) is 0 Å². The van der Waals surface area contributed by atoms with Crippen molar-refractivity contribution in [3.63, 3.8) is 0 Å². The Balaban J connectivity index is 2.62. The standard InChI is InChI=1S/C9H7FO3S/c10-7(8(11)12)9(13)14-6-4-2-1-3-5-6/h1-5,7H,(H,11,12). The molecule has 1 N–H and O–H groups in total. The molecule has 0 aliphatic rings. The van der Waals surface area contributed by atoms with Crippen molar-refractivity contribution in [1.82, 2.24) is 0 Å². The molecule has 0 aliphatic carbocycles. The highest BCUT2D eigenvalue weighted by Gasteiger charge is 2.25. The van der Waals surface area contributed by atoms with Crippen LogP contribution < -0.4 is 0 Å². The SMILES string of the molecule is O=C(O)C(F)C(=O)Sc1ccccc1. The number of alkyl halides is 1. The molecular weight excluding hydrogens is 207 g/mol. The van der Waals surface area contributed by atoms with Gasteiger partial charge in [0.1, 0.15) is 0 Å². The molecule has 1 aromatic carbocycles. The number of carbonyl (C=O) groups is 2. The van der Waals surface area contributed by atoms with Crippen LogP contribution in [0.2, 0.25) is 0 Å². The summed E-state index contributed by atoms with van der Waals surface area (Å²) in [7, 11) is 0. The Kier molecular flexibility index (Phi) is 3.64. The fraction of sp³-hybridized carbons (Fsp3) is 0.111. The molecule has 1 aromatic rings. The molecule has 0 saturated heterocycles. The second-order valence-corrected chi connectivity index (χ2v) is 3.51. The highest BCUT2D eigenvalue weighted by Crippen LogP contribution is 2.20. The molecule has 0 radical (unpaired) electrons. The molecule has 0 aliphatic heterocycles. The number of carboxylic acids is 1. The van der Waals surface area contributed by atoms with E-state index in [-0.39, 0.29) is 0 Å². The zero-order valence-corrected chi connectivity index (χ0v) is 7.83. The van der Waals surface area contributed by atoms with Gasteiger partial charge < -0.3 is 5.11 Å². The Morgan fingerprint density at radius 1 is 1.29 bits per heavy atom. The average molecular weight is 214 g/mol. The summed E-state index contributed by atoms with van der Waals surface area (Å²) in [6.45, 7) is 0. The van der Waals surface area contributed by atoms with E-state index in [4.69, 9.17) is 5.11 Å². The van der Waals surface area contributed by atoms with Gasteiger partial charge in [0.15, 0.2) is 0 Å². The third-order valence-corrected chi connectivity index (χ3v) is 2.30. The van der Waals surface area contributed by atoms with Crippen LogP contribution in [0.25, 0.3) is 0 Å². The molecule has 14 heavy (non-hydrogen) atoms. The van der Waals surface area contributed by atoms with Gasteiger partial charge in [-0.25, -0.2) is 9.18 Å². The second-order valence-electron chi connectivity index (χ2n) is 2.43. The third kappa shape index (κ3) is 2.85. The number of carboxylic acid groups (broad SMARTS) is 1. The van der Waals surface area contributed by atoms with Gasteiger partial charge in [-0.3, -0.25) is 4.79 Å². The predicted octanol–water partition coefficient (Wildman–Crippen LogP) is 1.73. The minimum Gasteiger partial charge on any atom is -0.479 e. The third-order valence-electron chi connectivity index (χ3n) is 1.39. The van der Waals surface area contributed by atoms with Crippen molar-refractivity contribution in [3.8, 4) is 0 Å². The summed E-state index contributed by atoms with van der Waals surface area (Å²) in [4.78, 5) is 21.6. The molecule has 74 valence electrons. The number of thioether (sulfide) groups is 1. The number of aliphatic carboxylic acids is 1. The molecule has 1 unspecified atom stereocenters. The summed E-state index contributed by atoms with van der Waals surface area (Å²) >= 11 is 0.585. The van der Waals surface area contributed by atoms with Gasteiger partial charge in [-0.1, -0.05) is 18.2 Å². The van der Waals surface area contributed by atoms with Crippen LogP contribution >= 0.6 is 11.8 Å². The molecule has 0 bridgehead atoms. The van der Waals surface area contributed by atoms with Gasteiger partial charge in [0.05, 0.1) is 0 Å². The highest BCUT2D eigenvalue weighted by molar-refractivity contribution is 8.13. The molecule has 0 spiro atoms. The molecule has 0 fully saturated rings. The summed E-state index contributed by atoms with van der Waals surface area (Å²) in [5, 5.41) is 7.21. The van der Waals surface area contributed by atoms with E-state index in [0.717, 1.165) is 0 Å². The van der Waals surface area contributed by atoms with Crippen molar-refractivity contribution in [1.29, 1.82) is 0 Å². The minimum absolute atomic E-state index is 0.529. The van der Waals surface area contributed by atoms with Crippen LogP contribution in [0.1, 0.15) is 0 Å². The van der Waals surface area contributed by atoms with Gasteiger partial charge >= 0.3 is 5.97 Å². The van der Waals surface area contributed by atoms with Gasteiger partial charge in [0, 0.05) is 4.90 Å². The summed E-state index contributed by atoms with van der Waals surface area (Å²) in [6, 6.07) is 8.33. The molecule has 0 saturated carbocycles. The highest BCUT2D eigenvalue weighted by atomic mass is 32.2. The van der Waals surface area contributed by atoms with Crippen LogP contribution in [0.15, 0.2) is 35.2 Å². The van der Waals surface area contributed by atoms with Crippen LogP contribution in [0.4, 0.5) is 4.39 Å². The van der Waals surface area contributed by atoms with E-state index < -0.39 is 17.3 Å². The number of carbonyl (C=O) groups excluding carboxylic acids is 1. The minimum atomic E-state index is -2.46. The average Bonchev–Trinajstić information content (AvgIpc) is 2.18. The van der Waals surface area contributed by atoms with E-state index in [9.17, 15) is 14.0 Å². The molecule has 3 nitrogen and oxygen atoms in total. The van der Waals surface area contributed by atoms with Crippen molar-refractivity contribution in [2.24, 2.45) is 0 Å². The number of halogens is 1. The topological polar surface area (TPSA) is 54.4 Å². The number of benzene rings is 1. The lowest BCUT2D eigenvalue weighted by molar-refractivity contribution is -0.145. The smallest absolute Gasteiger partial charge is 0.347 e. The number of hydrogen-bond donors (Lipinski definition) is 1. The second kappa shape index (κ2) is 4.76. The van der Waals surface area contributed by atoms with E-state index in [1.807, 2.05) is 0 Å².